The molecular weight excluding hydrogens is 250 g/mol. The van der Waals surface area contributed by atoms with Gasteiger partial charge >= 0.3 is 0 Å². The first kappa shape index (κ1) is 15.8. The van der Waals surface area contributed by atoms with E-state index in [4.69, 9.17) is 0 Å². The third-order valence-electron chi connectivity index (χ3n) is 4.71. The minimum atomic E-state index is 0.0196. The van der Waals surface area contributed by atoms with E-state index in [0.29, 0.717) is 17.9 Å². The molecule has 0 radical (unpaired) electrons. The predicted molar refractivity (Wildman–Crippen MR) is 82.4 cm³/mol. The van der Waals surface area contributed by atoms with Gasteiger partial charge in [-0.05, 0) is 45.2 Å². The van der Waals surface area contributed by atoms with Crippen LogP contribution in [-0.2, 0) is 4.79 Å². The smallest absolute Gasteiger partial charge is 0.241 e. The summed E-state index contributed by atoms with van der Waals surface area (Å²) in [5, 5.41) is 3.52. The first-order valence-corrected chi connectivity index (χ1v) is 8.35. The van der Waals surface area contributed by atoms with Crippen molar-refractivity contribution in [2.45, 2.75) is 71.6 Å². The molecule has 20 heavy (non-hydrogen) atoms. The molecule has 2 saturated heterocycles. The standard InChI is InChI=1S/C16H31N3O/c1-5-14-16(20)19(15(17-14)12(2)3)13(4)11-18-9-7-6-8-10-18/h12-15,17H,5-11H2,1-4H3. The van der Waals surface area contributed by atoms with Gasteiger partial charge in [0.1, 0.15) is 0 Å². The highest BCUT2D eigenvalue weighted by molar-refractivity contribution is 5.84. The van der Waals surface area contributed by atoms with E-state index in [2.05, 4.69) is 42.8 Å². The van der Waals surface area contributed by atoms with Gasteiger partial charge < -0.3 is 9.80 Å². The van der Waals surface area contributed by atoms with Gasteiger partial charge in [0.05, 0.1) is 12.2 Å². The van der Waals surface area contributed by atoms with E-state index in [0.717, 1.165) is 13.0 Å². The van der Waals surface area contributed by atoms with Crippen molar-refractivity contribution < 1.29 is 4.79 Å². The molecule has 0 aliphatic carbocycles. The highest BCUT2D eigenvalue weighted by Crippen LogP contribution is 2.23. The van der Waals surface area contributed by atoms with Crippen LogP contribution in [0.1, 0.15) is 53.4 Å². The lowest BCUT2D eigenvalue weighted by Crippen LogP contribution is -2.51. The maximum atomic E-state index is 12.6. The Hall–Kier alpha value is -0.610. The first-order valence-electron chi connectivity index (χ1n) is 8.35. The molecule has 2 fully saturated rings. The van der Waals surface area contributed by atoms with Crippen molar-refractivity contribution in [1.29, 1.82) is 0 Å². The molecule has 0 spiro atoms. The van der Waals surface area contributed by atoms with Crippen LogP contribution in [0.3, 0.4) is 0 Å². The molecule has 3 unspecified atom stereocenters. The molecule has 3 atom stereocenters. The van der Waals surface area contributed by atoms with Crippen molar-refractivity contribution in [3.05, 3.63) is 0 Å². The second-order valence-electron chi connectivity index (χ2n) is 6.77. The number of amides is 1. The van der Waals surface area contributed by atoms with Crippen molar-refractivity contribution in [2.24, 2.45) is 5.92 Å². The summed E-state index contributed by atoms with van der Waals surface area (Å²) in [5.74, 6) is 0.759. The van der Waals surface area contributed by atoms with Gasteiger partial charge in [0.2, 0.25) is 5.91 Å². The van der Waals surface area contributed by atoms with Gasteiger partial charge in [-0.15, -0.1) is 0 Å². The number of hydrogen-bond acceptors (Lipinski definition) is 3. The third kappa shape index (κ3) is 3.34. The van der Waals surface area contributed by atoms with Gasteiger partial charge in [-0.3, -0.25) is 10.1 Å². The topological polar surface area (TPSA) is 35.6 Å². The summed E-state index contributed by atoms with van der Waals surface area (Å²) < 4.78 is 0. The lowest BCUT2D eigenvalue weighted by molar-refractivity contribution is -0.133. The molecule has 1 N–H and O–H groups in total. The van der Waals surface area contributed by atoms with E-state index >= 15 is 0 Å². The van der Waals surface area contributed by atoms with E-state index in [1.54, 1.807) is 0 Å². The largest absolute Gasteiger partial charge is 0.322 e. The lowest BCUT2D eigenvalue weighted by Gasteiger charge is -2.37. The molecule has 2 aliphatic heterocycles. The van der Waals surface area contributed by atoms with Crippen LogP contribution >= 0.6 is 0 Å². The zero-order valence-corrected chi connectivity index (χ0v) is 13.6. The average molecular weight is 281 g/mol. The van der Waals surface area contributed by atoms with Crippen LogP contribution in [0.2, 0.25) is 0 Å². The quantitative estimate of drug-likeness (QED) is 0.838. The molecule has 1 amide bonds. The average Bonchev–Trinajstić information content (AvgIpc) is 2.77. The van der Waals surface area contributed by atoms with Crippen molar-refractivity contribution in [3.63, 3.8) is 0 Å². The molecule has 0 aromatic heterocycles. The normalized spacial score (nSPS) is 30.2. The summed E-state index contributed by atoms with van der Waals surface area (Å²) in [6.45, 7) is 12.1. The van der Waals surface area contributed by atoms with Gasteiger partial charge in [0, 0.05) is 12.6 Å². The van der Waals surface area contributed by atoms with Crippen molar-refractivity contribution in [2.75, 3.05) is 19.6 Å². The summed E-state index contributed by atoms with van der Waals surface area (Å²) in [4.78, 5) is 17.2. The molecule has 116 valence electrons. The van der Waals surface area contributed by atoms with E-state index in [1.165, 1.54) is 32.4 Å². The number of hydrogen-bond donors (Lipinski definition) is 1. The lowest BCUT2D eigenvalue weighted by atomic mass is 10.1. The Morgan fingerprint density at radius 1 is 1.20 bits per heavy atom. The molecule has 0 saturated carbocycles. The number of rotatable bonds is 5. The van der Waals surface area contributed by atoms with Crippen LogP contribution < -0.4 is 5.32 Å². The van der Waals surface area contributed by atoms with Gasteiger partial charge in [0.25, 0.3) is 0 Å². The molecule has 4 heteroatoms. The Bertz CT molecular complexity index is 326. The fourth-order valence-electron chi connectivity index (χ4n) is 3.58. The van der Waals surface area contributed by atoms with Crippen LogP contribution in [-0.4, -0.2) is 53.6 Å². The summed E-state index contributed by atoms with van der Waals surface area (Å²) >= 11 is 0. The number of carbonyl (C=O) groups is 1. The van der Waals surface area contributed by atoms with E-state index in [9.17, 15) is 4.79 Å². The van der Waals surface area contributed by atoms with Gasteiger partial charge in [-0.25, -0.2) is 0 Å². The van der Waals surface area contributed by atoms with Crippen LogP contribution in [0.15, 0.2) is 0 Å². The van der Waals surface area contributed by atoms with Crippen LogP contribution in [0.25, 0.3) is 0 Å². The number of carbonyl (C=O) groups excluding carboxylic acids is 1. The molecule has 0 aromatic carbocycles. The molecule has 0 bridgehead atoms. The molecule has 4 nitrogen and oxygen atoms in total. The predicted octanol–water partition coefficient (Wildman–Crippen LogP) is 2.05. The van der Waals surface area contributed by atoms with Crippen LogP contribution in [0.5, 0.6) is 0 Å². The van der Waals surface area contributed by atoms with Crippen molar-refractivity contribution >= 4 is 5.91 Å². The van der Waals surface area contributed by atoms with Gasteiger partial charge in [0.15, 0.2) is 0 Å². The molecule has 0 aromatic rings. The van der Waals surface area contributed by atoms with Crippen molar-refractivity contribution in [1.82, 2.24) is 15.1 Å². The minimum absolute atomic E-state index is 0.0196. The van der Waals surface area contributed by atoms with E-state index < -0.39 is 0 Å². The molecule has 2 aliphatic rings. The van der Waals surface area contributed by atoms with Crippen LogP contribution in [0.4, 0.5) is 0 Å². The molecule has 2 rings (SSSR count). The monoisotopic (exact) mass is 281 g/mol. The van der Waals surface area contributed by atoms with E-state index in [-0.39, 0.29) is 12.2 Å². The maximum absolute atomic E-state index is 12.6. The Morgan fingerprint density at radius 2 is 1.85 bits per heavy atom. The van der Waals surface area contributed by atoms with Gasteiger partial charge in [-0.1, -0.05) is 27.2 Å². The number of nitrogens with one attached hydrogen (secondary N) is 1. The minimum Gasteiger partial charge on any atom is -0.322 e. The fourth-order valence-corrected chi connectivity index (χ4v) is 3.58. The summed E-state index contributed by atoms with van der Waals surface area (Å²) in [7, 11) is 0. The molecule has 2 heterocycles. The third-order valence-corrected chi connectivity index (χ3v) is 4.71. The summed E-state index contributed by atoms with van der Waals surface area (Å²) in [5.41, 5.74) is 0. The number of nitrogens with zero attached hydrogens (tertiary/aromatic N) is 2. The second-order valence-corrected chi connectivity index (χ2v) is 6.77. The Labute approximate surface area is 123 Å². The van der Waals surface area contributed by atoms with Crippen LogP contribution in [0, 0.1) is 5.92 Å². The van der Waals surface area contributed by atoms with Gasteiger partial charge in [-0.2, -0.15) is 0 Å². The Kier molecular flexibility index (Phi) is 5.44. The zero-order chi connectivity index (χ0) is 14.7. The SMILES string of the molecule is CCC1NC(C(C)C)N(C(C)CN2CCCCC2)C1=O. The zero-order valence-electron chi connectivity index (χ0n) is 13.6. The van der Waals surface area contributed by atoms with Crippen molar-refractivity contribution in [3.8, 4) is 0 Å². The van der Waals surface area contributed by atoms with E-state index in [1.807, 2.05) is 0 Å². The molecular formula is C16H31N3O. The Balaban J connectivity index is 2.01. The highest BCUT2D eigenvalue weighted by Gasteiger charge is 2.41. The highest BCUT2D eigenvalue weighted by atomic mass is 16.2. The number of likely N-dealkylation sites (tertiary alicyclic amines) is 1. The first-order chi connectivity index (χ1) is 9.54. The summed E-state index contributed by atoms with van der Waals surface area (Å²) in [6.07, 6.45) is 5.07. The summed E-state index contributed by atoms with van der Waals surface area (Å²) in [6, 6.07) is 0.322. The second kappa shape index (κ2) is 6.90. The Morgan fingerprint density at radius 3 is 2.40 bits per heavy atom. The fraction of sp³-hybridized carbons (Fsp3) is 0.938. The maximum Gasteiger partial charge on any atom is 0.241 e. The number of piperidine rings is 1.